The fourth-order valence-corrected chi connectivity index (χ4v) is 3.82. The maximum atomic E-state index is 5.52. The van der Waals surface area contributed by atoms with E-state index in [1.54, 1.807) is 0 Å². The Bertz CT molecular complexity index is 628. The van der Waals surface area contributed by atoms with E-state index in [2.05, 4.69) is 50.6 Å². The van der Waals surface area contributed by atoms with Gasteiger partial charge >= 0.3 is 0 Å². The molecule has 0 aliphatic heterocycles. The van der Waals surface area contributed by atoms with Crippen LogP contribution < -0.4 is 0 Å². The van der Waals surface area contributed by atoms with Gasteiger partial charge in [-0.25, -0.2) is 0 Å². The molecular formula is C14H17BrN2S. The van der Waals surface area contributed by atoms with Gasteiger partial charge in [-0.2, -0.15) is 0 Å². The van der Waals surface area contributed by atoms with E-state index in [-0.39, 0.29) is 0 Å². The monoisotopic (exact) mass is 324 g/mol. The van der Waals surface area contributed by atoms with Gasteiger partial charge in [-0.15, -0.1) is 0 Å². The summed E-state index contributed by atoms with van der Waals surface area (Å²) in [6.45, 7) is 2.35. The summed E-state index contributed by atoms with van der Waals surface area (Å²) in [5.74, 6) is 0.716. The van der Waals surface area contributed by atoms with Gasteiger partial charge in [-0.05, 0) is 49.2 Å². The molecule has 96 valence electrons. The molecule has 2 atom stereocenters. The maximum absolute atomic E-state index is 5.52. The lowest BCUT2D eigenvalue weighted by molar-refractivity contribution is 0.260. The Morgan fingerprint density at radius 1 is 1.33 bits per heavy atom. The van der Waals surface area contributed by atoms with Crippen molar-refractivity contribution in [2.75, 3.05) is 0 Å². The highest BCUT2D eigenvalue weighted by Crippen LogP contribution is 2.36. The molecule has 0 amide bonds. The first-order chi connectivity index (χ1) is 8.66. The minimum absolute atomic E-state index is 0.557. The summed E-state index contributed by atoms with van der Waals surface area (Å²) in [6.07, 6.45) is 5.24. The first-order valence-corrected chi connectivity index (χ1v) is 7.76. The van der Waals surface area contributed by atoms with Crippen molar-refractivity contribution < 1.29 is 0 Å². The van der Waals surface area contributed by atoms with Crippen LogP contribution in [0.15, 0.2) is 22.7 Å². The molecule has 1 aliphatic carbocycles. The Kier molecular flexibility index (Phi) is 3.32. The molecule has 1 fully saturated rings. The maximum Gasteiger partial charge on any atom is 0.178 e. The molecule has 1 heterocycles. The minimum atomic E-state index is 0.557. The van der Waals surface area contributed by atoms with Gasteiger partial charge in [-0.3, -0.25) is 0 Å². The summed E-state index contributed by atoms with van der Waals surface area (Å²) in [5, 5.41) is 0. The second kappa shape index (κ2) is 4.82. The molecule has 0 spiro atoms. The Labute approximate surface area is 121 Å². The van der Waals surface area contributed by atoms with Crippen LogP contribution in [0, 0.1) is 10.7 Å². The number of rotatable bonds is 1. The van der Waals surface area contributed by atoms with Gasteiger partial charge < -0.3 is 9.55 Å². The average Bonchev–Trinajstić information content (AvgIpc) is 2.65. The van der Waals surface area contributed by atoms with Crippen LogP contribution in [-0.4, -0.2) is 9.55 Å². The lowest BCUT2D eigenvalue weighted by Gasteiger charge is -2.30. The Morgan fingerprint density at radius 3 is 2.89 bits per heavy atom. The second-order valence-electron chi connectivity index (χ2n) is 5.29. The highest BCUT2D eigenvalue weighted by Gasteiger charge is 2.24. The first kappa shape index (κ1) is 12.4. The second-order valence-corrected chi connectivity index (χ2v) is 6.59. The van der Waals surface area contributed by atoms with E-state index in [0.717, 1.165) is 14.8 Å². The van der Waals surface area contributed by atoms with Crippen LogP contribution in [0.4, 0.5) is 0 Å². The topological polar surface area (TPSA) is 20.7 Å². The summed E-state index contributed by atoms with van der Waals surface area (Å²) < 4.78 is 4.29. The van der Waals surface area contributed by atoms with Crippen molar-refractivity contribution in [3.8, 4) is 0 Å². The highest BCUT2D eigenvalue weighted by atomic mass is 79.9. The van der Waals surface area contributed by atoms with E-state index < -0.39 is 0 Å². The largest absolute Gasteiger partial charge is 0.331 e. The lowest BCUT2D eigenvalue weighted by Crippen LogP contribution is -2.21. The van der Waals surface area contributed by atoms with Crippen molar-refractivity contribution in [2.24, 2.45) is 5.92 Å². The number of aromatic nitrogens is 2. The number of imidazole rings is 1. The summed E-state index contributed by atoms with van der Waals surface area (Å²) in [7, 11) is 0. The van der Waals surface area contributed by atoms with Crippen LogP contribution >= 0.6 is 28.1 Å². The standard InChI is InChI=1S/C14H17BrN2S/c1-9-4-2-3-5-12(9)17-13-7-6-10(15)8-11(13)16-14(17)18/h6-9,12H,2-5H2,1H3,(H,16,18). The third kappa shape index (κ3) is 2.05. The van der Waals surface area contributed by atoms with Crippen molar-refractivity contribution in [3.63, 3.8) is 0 Å². The molecule has 0 saturated heterocycles. The number of H-pyrrole nitrogens is 1. The summed E-state index contributed by atoms with van der Waals surface area (Å²) in [4.78, 5) is 3.33. The molecule has 0 bridgehead atoms. The molecule has 4 heteroatoms. The molecule has 1 N–H and O–H groups in total. The number of nitrogens with one attached hydrogen (secondary N) is 1. The molecule has 3 rings (SSSR count). The summed E-state index contributed by atoms with van der Waals surface area (Å²) >= 11 is 9.03. The van der Waals surface area contributed by atoms with E-state index in [0.29, 0.717) is 12.0 Å². The summed E-state index contributed by atoms with van der Waals surface area (Å²) in [5.41, 5.74) is 2.37. The van der Waals surface area contributed by atoms with E-state index in [1.807, 2.05) is 0 Å². The third-order valence-corrected chi connectivity index (χ3v) is 4.87. The molecule has 0 radical (unpaired) electrons. The molecular weight excluding hydrogens is 308 g/mol. The quantitative estimate of drug-likeness (QED) is 0.714. The first-order valence-electron chi connectivity index (χ1n) is 6.56. The predicted molar refractivity (Wildman–Crippen MR) is 81.5 cm³/mol. The minimum Gasteiger partial charge on any atom is -0.331 e. The predicted octanol–water partition coefficient (Wildman–Crippen LogP) is 5.21. The molecule has 18 heavy (non-hydrogen) atoms. The van der Waals surface area contributed by atoms with Crippen LogP contribution in [0.25, 0.3) is 11.0 Å². The number of hydrogen-bond donors (Lipinski definition) is 1. The van der Waals surface area contributed by atoms with Crippen LogP contribution in [0.2, 0.25) is 0 Å². The number of nitrogens with zero attached hydrogens (tertiary/aromatic N) is 1. The van der Waals surface area contributed by atoms with Crippen molar-refractivity contribution in [3.05, 3.63) is 27.4 Å². The Balaban J connectivity index is 2.16. The van der Waals surface area contributed by atoms with Gasteiger partial charge in [-0.1, -0.05) is 35.7 Å². The number of aromatic amines is 1. The van der Waals surface area contributed by atoms with E-state index in [4.69, 9.17) is 12.2 Å². The fourth-order valence-electron chi connectivity index (χ4n) is 3.11. The molecule has 2 aromatic rings. The zero-order chi connectivity index (χ0) is 12.7. The van der Waals surface area contributed by atoms with Gasteiger partial charge in [0.1, 0.15) is 0 Å². The number of benzene rings is 1. The fraction of sp³-hybridized carbons (Fsp3) is 0.500. The lowest BCUT2D eigenvalue weighted by atomic mass is 9.86. The van der Waals surface area contributed by atoms with E-state index in [1.165, 1.54) is 31.2 Å². The van der Waals surface area contributed by atoms with Gasteiger partial charge in [0.15, 0.2) is 4.77 Å². The number of halogens is 1. The van der Waals surface area contributed by atoms with Gasteiger partial charge in [0.2, 0.25) is 0 Å². The molecule has 1 aromatic heterocycles. The van der Waals surface area contributed by atoms with Crippen LogP contribution in [0.3, 0.4) is 0 Å². The van der Waals surface area contributed by atoms with E-state index >= 15 is 0 Å². The molecule has 2 nitrogen and oxygen atoms in total. The van der Waals surface area contributed by atoms with Crippen LogP contribution in [0.5, 0.6) is 0 Å². The molecule has 1 aliphatic rings. The van der Waals surface area contributed by atoms with Crippen LogP contribution in [0.1, 0.15) is 38.6 Å². The van der Waals surface area contributed by atoms with Crippen molar-refractivity contribution in [1.29, 1.82) is 0 Å². The van der Waals surface area contributed by atoms with Gasteiger partial charge in [0.05, 0.1) is 11.0 Å². The Hall–Kier alpha value is -0.610. The SMILES string of the molecule is CC1CCCCC1n1c(=S)[nH]c2cc(Br)ccc21. The zero-order valence-corrected chi connectivity index (χ0v) is 12.9. The van der Waals surface area contributed by atoms with Gasteiger partial charge in [0.25, 0.3) is 0 Å². The number of hydrogen-bond acceptors (Lipinski definition) is 1. The molecule has 1 saturated carbocycles. The Morgan fingerprint density at radius 2 is 2.11 bits per heavy atom. The smallest absolute Gasteiger partial charge is 0.178 e. The van der Waals surface area contributed by atoms with Crippen molar-refractivity contribution in [1.82, 2.24) is 9.55 Å². The summed E-state index contributed by atoms with van der Waals surface area (Å²) in [6, 6.07) is 6.91. The van der Waals surface area contributed by atoms with Gasteiger partial charge in [0, 0.05) is 10.5 Å². The third-order valence-electron chi connectivity index (χ3n) is 4.08. The zero-order valence-electron chi connectivity index (χ0n) is 10.4. The normalized spacial score (nSPS) is 24.6. The highest BCUT2D eigenvalue weighted by molar-refractivity contribution is 9.10. The van der Waals surface area contributed by atoms with E-state index in [9.17, 15) is 0 Å². The van der Waals surface area contributed by atoms with Crippen molar-refractivity contribution in [2.45, 2.75) is 38.6 Å². The molecule has 1 aromatic carbocycles. The average molecular weight is 325 g/mol. The van der Waals surface area contributed by atoms with Crippen LogP contribution in [-0.2, 0) is 0 Å². The number of fused-ring (bicyclic) bond motifs is 1. The van der Waals surface area contributed by atoms with Crippen molar-refractivity contribution >= 4 is 39.2 Å². The molecule has 2 unspecified atom stereocenters.